The van der Waals surface area contributed by atoms with Crippen LogP contribution in [0.4, 0.5) is 0 Å². The van der Waals surface area contributed by atoms with Crippen molar-refractivity contribution in [3.63, 3.8) is 0 Å². The highest BCUT2D eigenvalue weighted by Crippen LogP contribution is 2.10. The van der Waals surface area contributed by atoms with Crippen LogP contribution in [0, 0.1) is 0 Å². The van der Waals surface area contributed by atoms with Crippen molar-refractivity contribution in [1.82, 2.24) is 5.16 Å². The number of para-hydroxylation sites is 1. The lowest BCUT2D eigenvalue weighted by Gasteiger charge is -2.04. The average molecular weight is 261 g/mol. The highest BCUT2D eigenvalue weighted by Gasteiger charge is 1.97. The van der Waals surface area contributed by atoms with Crippen molar-refractivity contribution in [2.24, 2.45) is 0 Å². The molecule has 0 fully saturated rings. The van der Waals surface area contributed by atoms with Crippen LogP contribution in [-0.4, -0.2) is 11.8 Å². The molecular formula is C16H23NO2. The number of rotatable bonds is 7. The molecule has 0 aliphatic carbocycles. The third kappa shape index (κ3) is 6.65. The van der Waals surface area contributed by atoms with Gasteiger partial charge < -0.3 is 9.26 Å². The summed E-state index contributed by atoms with van der Waals surface area (Å²) in [6.45, 7) is 4.78. The fourth-order valence-electron chi connectivity index (χ4n) is 1.66. The van der Waals surface area contributed by atoms with Crippen LogP contribution in [-0.2, 0) is 6.42 Å². The maximum absolute atomic E-state index is 5.61. The molecule has 0 aliphatic heterocycles. The summed E-state index contributed by atoms with van der Waals surface area (Å²) in [5.74, 6) is 0.948. The van der Waals surface area contributed by atoms with Crippen molar-refractivity contribution in [3.05, 3.63) is 48.4 Å². The van der Waals surface area contributed by atoms with Gasteiger partial charge in [-0.25, -0.2) is 0 Å². The van der Waals surface area contributed by atoms with E-state index < -0.39 is 0 Å². The molecule has 0 aliphatic rings. The second-order valence-electron chi connectivity index (χ2n) is 3.96. The topological polar surface area (TPSA) is 35.3 Å². The molecule has 1 aromatic heterocycles. The van der Waals surface area contributed by atoms with Crippen LogP contribution < -0.4 is 4.74 Å². The van der Waals surface area contributed by atoms with E-state index in [4.69, 9.17) is 9.26 Å². The highest BCUT2D eigenvalue weighted by atomic mass is 16.5. The molecule has 0 amide bonds. The molecule has 0 bridgehead atoms. The van der Waals surface area contributed by atoms with Crippen molar-refractivity contribution in [3.8, 4) is 5.75 Å². The largest absolute Gasteiger partial charge is 0.494 e. The van der Waals surface area contributed by atoms with Gasteiger partial charge in [0.1, 0.15) is 12.0 Å². The van der Waals surface area contributed by atoms with Gasteiger partial charge in [-0.3, -0.25) is 0 Å². The van der Waals surface area contributed by atoms with Gasteiger partial charge in [-0.1, -0.05) is 37.2 Å². The van der Waals surface area contributed by atoms with Crippen LogP contribution in [0.25, 0.3) is 0 Å². The summed E-state index contributed by atoms with van der Waals surface area (Å²) in [6, 6.07) is 11.8. The van der Waals surface area contributed by atoms with E-state index in [2.05, 4.69) is 5.16 Å². The Bertz CT molecular complexity index is 398. The summed E-state index contributed by atoms with van der Waals surface area (Å²) in [6.07, 6.45) is 5.97. The van der Waals surface area contributed by atoms with Gasteiger partial charge in [0.05, 0.1) is 12.3 Å². The van der Waals surface area contributed by atoms with E-state index in [1.165, 1.54) is 0 Å². The fraction of sp³-hybridized carbons (Fsp3) is 0.438. The quantitative estimate of drug-likeness (QED) is 0.689. The van der Waals surface area contributed by atoms with Crippen LogP contribution in [0.15, 0.2) is 47.2 Å². The monoisotopic (exact) mass is 261 g/mol. The predicted octanol–water partition coefficient (Wildman–Crippen LogP) is 4.49. The van der Waals surface area contributed by atoms with Gasteiger partial charge in [0.2, 0.25) is 0 Å². The normalized spacial score (nSPS) is 9.58. The first-order valence-electron chi connectivity index (χ1n) is 7.02. The van der Waals surface area contributed by atoms with E-state index in [1.54, 1.807) is 6.26 Å². The smallest absolute Gasteiger partial charge is 0.124 e. The van der Waals surface area contributed by atoms with Crippen LogP contribution >= 0.6 is 0 Å². The average Bonchev–Trinajstić information content (AvgIpc) is 2.99. The molecule has 3 nitrogen and oxygen atoms in total. The summed E-state index contributed by atoms with van der Waals surface area (Å²) in [4.78, 5) is 0. The minimum absolute atomic E-state index is 0.781. The van der Waals surface area contributed by atoms with Gasteiger partial charge in [-0.15, -0.1) is 0 Å². The van der Waals surface area contributed by atoms with Crippen LogP contribution in [0.2, 0.25) is 0 Å². The van der Waals surface area contributed by atoms with Gasteiger partial charge in [0.15, 0.2) is 0 Å². The van der Waals surface area contributed by atoms with E-state index in [0.717, 1.165) is 43.7 Å². The van der Waals surface area contributed by atoms with Crippen molar-refractivity contribution in [2.45, 2.75) is 39.5 Å². The maximum atomic E-state index is 5.61. The van der Waals surface area contributed by atoms with E-state index >= 15 is 0 Å². The van der Waals surface area contributed by atoms with Crippen molar-refractivity contribution in [1.29, 1.82) is 0 Å². The second kappa shape index (κ2) is 10.2. The standard InChI is InChI=1S/C14H17NO2.C2H6/c1-4-8-14(9-5-1)16-11-6-2-3-7-13-10-12-17-15-13;1-2/h1,4-5,8-10,12H,2-3,6-7,11H2;1-2H3. The molecule has 0 spiro atoms. The Labute approximate surface area is 115 Å². The zero-order valence-electron chi connectivity index (χ0n) is 11.8. The third-order valence-electron chi connectivity index (χ3n) is 2.58. The van der Waals surface area contributed by atoms with Gasteiger partial charge in [-0.05, 0) is 37.8 Å². The molecule has 0 radical (unpaired) electrons. The summed E-state index contributed by atoms with van der Waals surface area (Å²) in [5.41, 5.74) is 1.04. The molecule has 0 N–H and O–H groups in total. The Morgan fingerprint density at radius 2 is 1.79 bits per heavy atom. The molecule has 104 valence electrons. The molecule has 0 unspecified atom stereocenters. The number of nitrogens with zero attached hydrogens (tertiary/aromatic N) is 1. The number of hydrogen-bond donors (Lipinski definition) is 0. The Morgan fingerprint density at radius 3 is 2.47 bits per heavy atom. The maximum Gasteiger partial charge on any atom is 0.124 e. The lowest BCUT2D eigenvalue weighted by atomic mass is 10.1. The number of unbranched alkanes of at least 4 members (excludes halogenated alkanes) is 2. The SMILES string of the molecule is CC.c1ccc(OCCCCCc2ccon2)cc1. The second-order valence-corrected chi connectivity index (χ2v) is 3.96. The van der Waals surface area contributed by atoms with Crippen LogP contribution in [0.1, 0.15) is 38.8 Å². The Kier molecular flexibility index (Phi) is 8.19. The Hall–Kier alpha value is -1.77. The molecule has 0 saturated carbocycles. The molecule has 19 heavy (non-hydrogen) atoms. The van der Waals surface area contributed by atoms with Crippen LogP contribution in [0.5, 0.6) is 5.75 Å². The summed E-state index contributed by atoms with van der Waals surface area (Å²) < 4.78 is 10.4. The molecule has 1 aromatic carbocycles. The fourth-order valence-corrected chi connectivity index (χ4v) is 1.66. The van der Waals surface area contributed by atoms with E-state index in [-0.39, 0.29) is 0 Å². The lowest BCUT2D eigenvalue weighted by molar-refractivity contribution is 0.305. The predicted molar refractivity (Wildman–Crippen MR) is 77.3 cm³/mol. The Morgan fingerprint density at radius 1 is 1.00 bits per heavy atom. The Balaban J connectivity index is 0.000000861. The van der Waals surface area contributed by atoms with Crippen LogP contribution in [0.3, 0.4) is 0 Å². The first-order chi connectivity index (χ1) is 9.45. The van der Waals surface area contributed by atoms with Gasteiger partial charge in [-0.2, -0.15) is 0 Å². The number of aryl methyl sites for hydroxylation is 1. The summed E-state index contributed by atoms with van der Waals surface area (Å²) in [7, 11) is 0. The van der Waals surface area contributed by atoms with E-state index in [0.29, 0.717) is 0 Å². The minimum Gasteiger partial charge on any atom is -0.494 e. The van der Waals surface area contributed by atoms with E-state index in [1.807, 2.05) is 50.2 Å². The number of ether oxygens (including phenoxy) is 1. The van der Waals surface area contributed by atoms with Gasteiger partial charge in [0, 0.05) is 6.07 Å². The van der Waals surface area contributed by atoms with Crippen molar-refractivity contribution >= 4 is 0 Å². The van der Waals surface area contributed by atoms with Crippen molar-refractivity contribution < 1.29 is 9.26 Å². The number of hydrogen-bond acceptors (Lipinski definition) is 3. The summed E-state index contributed by atoms with van der Waals surface area (Å²) in [5, 5.41) is 3.88. The zero-order valence-corrected chi connectivity index (χ0v) is 11.8. The highest BCUT2D eigenvalue weighted by molar-refractivity contribution is 5.20. The molecular weight excluding hydrogens is 238 g/mol. The first-order valence-corrected chi connectivity index (χ1v) is 7.02. The number of aromatic nitrogens is 1. The number of benzene rings is 1. The van der Waals surface area contributed by atoms with Gasteiger partial charge >= 0.3 is 0 Å². The molecule has 2 aromatic rings. The molecule has 0 saturated heterocycles. The molecule has 3 heteroatoms. The molecule has 0 atom stereocenters. The first kappa shape index (κ1) is 15.3. The molecule has 2 rings (SSSR count). The lowest BCUT2D eigenvalue weighted by Crippen LogP contribution is -1.97. The van der Waals surface area contributed by atoms with Gasteiger partial charge in [0.25, 0.3) is 0 Å². The zero-order chi connectivity index (χ0) is 13.8. The minimum atomic E-state index is 0.781. The third-order valence-corrected chi connectivity index (χ3v) is 2.58. The summed E-state index contributed by atoms with van der Waals surface area (Å²) >= 11 is 0. The van der Waals surface area contributed by atoms with E-state index in [9.17, 15) is 0 Å². The van der Waals surface area contributed by atoms with Crippen molar-refractivity contribution in [2.75, 3.05) is 6.61 Å². The molecule has 1 heterocycles.